The first-order chi connectivity index (χ1) is 13.5. The maximum Gasteiger partial charge on any atom is 0.269 e. The number of hydrogen-bond acceptors (Lipinski definition) is 5. The van der Waals surface area contributed by atoms with Crippen LogP contribution in [0.1, 0.15) is 26.3 Å². The Labute approximate surface area is 166 Å². The summed E-state index contributed by atoms with van der Waals surface area (Å²) in [6, 6.07) is 14.8. The van der Waals surface area contributed by atoms with E-state index in [1.165, 1.54) is 12.1 Å². The fraction of sp³-hybridized carbons (Fsp3) is 0.333. The van der Waals surface area contributed by atoms with Crippen molar-refractivity contribution in [1.82, 2.24) is 0 Å². The molecule has 28 heavy (non-hydrogen) atoms. The van der Waals surface area contributed by atoms with Gasteiger partial charge in [0.2, 0.25) is 0 Å². The quantitative estimate of drug-likeness (QED) is 0.178. The lowest BCUT2D eigenvalue weighted by Crippen LogP contribution is -2.29. The van der Waals surface area contributed by atoms with Crippen molar-refractivity contribution in [2.75, 3.05) is 7.11 Å². The monoisotopic (exact) mass is 395 g/mol. The van der Waals surface area contributed by atoms with Gasteiger partial charge in [0, 0.05) is 12.1 Å². The molecule has 0 N–H and O–H groups in total. The van der Waals surface area contributed by atoms with Gasteiger partial charge in [-0.1, -0.05) is 26.7 Å². The van der Waals surface area contributed by atoms with Gasteiger partial charge in [-0.3, -0.25) is 10.1 Å². The van der Waals surface area contributed by atoms with Crippen LogP contribution in [0.25, 0.3) is 0 Å². The number of ether oxygens (including phenoxy) is 1. The largest absolute Gasteiger partial charge is 0.497 e. The number of non-ortho nitro benzene ring substituents is 1. The van der Waals surface area contributed by atoms with Crippen LogP contribution in [-0.2, 0) is 0 Å². The third-order valence-corrected chi connectivity index (χ3v) is 9.75. The molecule has 6 nitrogen and oxygen atoms in total. The van der Waals surface area contributed by atoms with Crippen LogP contribution in [-0.4, -0.2) is 20.1 Å². The molecular weight excluding hydrogens is 370 g/mol. The van der Waals surface area contributed by atoms with Gasteiger partial charge >= 0.3 is 0 Å². The molecule has 0 radical (unpaired) electrons. The molecule has 2 aromatic rings. The lowest BCUT2D eigenvalue weighted by molar-refractivity contribution is -0.384. The van der Waals surface area contributed by atoms with E-state index in [9.17, 15) is 10.1 Å². The average molecular weight is 396 g/mol. The van der Waals surface area contributed by atoms with Crippen molar-refractivity contribution in [3.05, 3.63) is 58.1 Å². The van der Waals surface area contributed by atoms with Crippen LogP contribution in [0.5, 0.6) is 5.75 Å². The van der Waals surface area contributed by atoms with Crippen molar-refractivity contribution in [2.45, 2.75) is 38.9 Å². The Morgan fingerprint density at radius 3 is 2.21 bits per heavy atom. The van der Waals surface area contributed by atoms with Gasteiger partial charge in [-0.05, 0) is 48.5 Å². The average Bonchev–Trinajstić information content (AvgIpc) is 2.74. The summed E-state index contributed by atoms with van der Waals surface area (Å²) in [5, 5.41) is 19.3. The van der Waals surface area contributed by atoms with Gasteiger partial charge in [0.1, 0.15) is 19.5 Å². The highest BCUT2D eigenvalue weighted by Gasteiger charge is 2.24. The molecule has 0 heterocycles. The molecule has 0 aliphatic carbocycles. The van der Waals surface area contributed by atoms with Crippen LogP contribution in [0.3, 0.4) is 0 Å². The molecule has 0 aromatic heterocycles. The number of nitro groups is 1. The lowest BCUT2D eigenvalue weighted by Gasteiger charge is -2.20. The zero-order valence-electron chi connectivity index (χ0n) is 16.7. The van der Waals surface area contributed by atoms with Gasteiger partial charge < -0.3 is 4.74 Å². The molecule has 0 bridgehead atoms. The minimum absolute atomic E-state index is 0.0231. The second kappa shape index (κ2) is 9.81. The summed E-state index contributed by atoms with van der Waals surface area (Å²) in [7, 11) is 0.0261. The van der Waals surface area contributed by atoms with Crippen molar-refractivity contribution in [2.24, 2.45) is 10.2 Å². The van der Waals surface area contributed by atoms with Crippen molar-refractivity contribution < 1.29 is 9.66 Å². The Bertz CT molecular complexity index is 902. The SMILES string of the molecule is CC[Si](C#Cc1cc(OC)ccc1N=Nc1ccc([N+](=O)[O-])cc1)(CC)CC. The lowest BCUT2D eigenvalue weighted by atomic mass is 10.2. The summed E-state index contributed by atoms with van der Waals surface area (Å²) < 4.78 is 5.33. The molecule has 2 rings (SSSR count). The van der Waals surface area contributed by atoms with E-state index in [4.69, 9.17) is 4.74 Å². The Morgan fingerprint density at radius 1 is 1.04 bits per heavy atom. The zero-order chi connectivity index (χ0) is 20.6. The van der Waals surface area contributed by atoms with Crippen LogP contribution < -0.4 is 4.74 Å². The number of nitrogens with zero attached hydrogens (tertiary/aromatic N) is 3. The minimum Gasteiger partial charge on any atom is -0.497 e. The highest BCUT2D eigenvalue weighted by molar-refractivity contribution is 6.87. The predicted octanol–water partition coefficient (Wildman–Crippen LogP) is 6.42. The normalized spacial score (nSPS) is 11.1. The Morgan fingerprint density at radius 2 is 1.68 bits per heavy atom. The number of azo groups is 1. The van der Waals surface area contributed by atoms with E-state index >= 15 is 0 Å². The first kappa shape index (κ1) is 21.3. The van der Waals surface area contributed by atoms with Crippen molar-refractivity contribution in [1.29, 1.82) is 0 Å². The number of rotatable bonds is 7. The van der Waals surface area contributed by atoms with Gasteiger partial charge in [-0.15, -0.1) is 10.7 Å². The van der Waals surface area contributed by atoms with E-state index < -0.39 is 13.0 Å². The molecule has 0 unspecified atom stereocenters. The van der Waals surface area contributed by atoms with Gasteiger partial charge in [-0.2, -0.15) is 5.11 Å². The number of nitro benzene ring substituents is 1. The Balaban J connectivity index is 2.38. The third-order valence-electron chi connectivity index (χ3n) is 5.03. The molecule has 0 aliphatic heterocycles. The Hall–Kier alpha value is -2.98. The third kappa shape index (κ3) is 5.27. The molecule has 146 valence electrons. The van der Waals surface area contributed by atoms with E-state index in [2.05, 4.69) is 42.5 Å². The van der Waals surface area contributed by atoms with Gasteiger partial charge in [-0.25, -0.2) is 0 Å². The molecule has 0 saturated heterocycles. The van der Waals surface area contributed by atoms with E-state index in [0.717, 1.165) is 29.4 Å². The topological polar surface area (TPSA) is 77.1 Å². The number of hydrogen-bond donors (Lipinski definition) is 0. The molecule has 0 amide bonds. The summed E-state index contributed by atoms with van der Waals surface area (Å²) in [5.74, 6) is 4.05. The second-order valence-electron chi connectivity index (χ2n) is 6.45. The first-order valence-corrected chi connectivity index (χ1v) is 12.0. The van der Waals surface area contributed by atoms with Crippen LogP contribution in [0, 0.1) is 21.6 Å². The zero-order valence-corrected chi connectivity index (χ0v) is 17.7. The molecule has 7 heteroatoms. The maximum atomic E-state index is 10.8. The molecule has 2 aromatic carbocycles. The molecular formula is C21H25N3O3Si. The molecule has 0 atom stereocenters. The van der Waals surface area contributed by atoms with Crippen LogP contribution in [0.15, 0.2) is 52.7 Å². The summed E-state index contributed by atoms with van der Waals surface area (Å²) in [4.78, 5) is 10.3. The predicted molar refractivity (Wildman–Crippen MR) is 114 cm³/mol. The minimum atomic E-state index is -1.59. The molecule has 0 aliphatic rings. The van der Waals surface area contributed by atoms with Gasteiger partial charge in [0.15, 0.2) is 0 Å². The Kier molecular flexibility index (Phi) is 7.47. The number of benzene rings is 2. The summed E-state index contributed by atoms with van der Waals surface area (Å²) in [6.45, 7) is 6.65. The van der Waals surface area contributed by atoms with Gasteiger partial charge in [0.05, 0.1) is 23.3 Å². The van der Waals surface area contributed by atoms with Crippen molar-refractivity contribution in [3.63, 3.8) is 0 Å². The van der Waals surface area contributed by atoms with E-state index in [0.29, 0.717) is 11.4 Å². The number of methoxy groups -OCH3 is 1. The van der Waals surface area contributed by atoms with Crippen LogP contribution in [0.4, 0.5) is 17.1 Å². The van der Waals surface area contributed by atoms with Crippen molar-refractivity contribution >= 4 is 25.1 Å². The van der Waals surface area contributed by atoms with E-state index in [1.54, 1.807) is 19.2 Å². The second-order valence-corrected chi connectivity index (χ2v) is 11.4. The molecule has 0 spiro atoms. The fourth-order valence-electron chi connectivity index (χ4n) is 2.80. The summed E-state index contributed by atoms with van der Waals surface area (Å²) >= 11 is 0. The van der Waals surface area contributed by atoms with Crippen LogP contribution >= 0.6 is 0 Å². The van der Waals surface area contributed by atoms with E-state index in [1.807, 2.05) is 18.2 Å². The van der Waals surface area contributed by atoms with E-state index in [-0.39, 0.29) is 5.69 Å². The summed E-state index contributed by atoms with van der Waals surface area (Å²) in [5.41, 5.74) is 5.56. The highest BCUT2D eigenvalue weighted by atomic mass is 28.3. The fourth-order valence-corrected chi connectivity index (χ4v) is 5.23. The molecule has 0 fully saturated rings. The van der Waals surface area contributed by atoms with Gasteiger partial charge in [0.25, 0.3) is 5.69 Å². The summed E-state index contributed by atoms with van der Waals surface area (Å²) in [6.07, 6.45) is 0. The molecule has 0 saturated carbocycles. The maximum absolute atomic E-state index is 10.8. The standard InChI is InChI=1S/C21H25N3O3Si/c1-5-28(6-2,7-3)15-14-17-16-20(27-4)12-13-21(17)23-22-18-8-10-19(11-9-18)24(25)26/h8-13,16H,5-7H2,1-4H3. The smallest absolute Gasteiger partial charge is 0.269 e. The van der Waals surface area contributed by atoms with Crippen molar-refractivity contribution in [3.8, 4) is 17.2 Å². The van der Waals surface area contributed by atoms with Crippen LogP contribution in [0.2, 0.25) is 18.1 Å². The highest BCUT2D eigenvalue weighted by Crippen LogP contribution is 2.27. The first-order valence-electron chi connectivity index (χ1n) is 9.34.